The third-order valence-corrected chi connectivity index (χ3v) is 5.13. The van der Waals surface area contributed by atoms with Crippen molar-refractivity contribution < 1.29 is 5.11 Å². The number of aliphatic hydroxyl groups is 1. The molecule has 0 bridgehead atoms. The van der Waals surface area contributed by atoms with E-state index in [4.69, 9.17) is 0 Å². The van der Waals surface area contributed by atoms with Crippen LogP contribution in [0.1, 0.15) is 63.5 Å². The van der Waals surface area contributed by atoms with Gasteiger partial charge in [0.1, 0.15) is 0 Å². The predicted octanol–water partition coefficient (Wildman–Crippen LogP) is 3.94. The van der Waals surface area contributed by atoms with Gasteiger partial charge in [0.2, 0.25) is 0 Å². The number of hydrogen-bond acceptors (Lipinski definition) is 2. The lowest BCUT2D eigenvalue weighted by molar-refractivity contribution is 0.0716. The van der Waals surface area contributed by atoms with E-state index in [1.807, 2.05) is 12.5 Å². The summed E-state index contributed by atoms with van der Waals surface area (Å²) in [6, 6.07) is 2.25. The Labute approximate surface area is 127 Å². The van der Waals surface area contributed by atoms with Crippen LogP contribution in [0.3, 0.4) is 0 Å². The number of rotatable bonds is 3. The lowest BCUT2D eigenvalue weighted by Gasteiger charge is -2.36. The van der Waals surface area contributed by atoms with Crippen molar-refractivity contribution in [1.29, 1.82) is 0 Å². The first kappa shape index (κ1) is 14.6. The van der Waals surface area contributed by atoms with Crippen LogP contribution in [0.4, 0.5) is 0 Å². The van der Waals surface area contributed by atoms with Crippen molar-refractivity contribution in [2.75, 3.05) is 0 Å². The van der Waals surface area contributed by atoms with Gasteiger partial charge in [-0.1, -0.05) is 20.8 Å². The summed E-state index contributed by atoms with van der Waals surface area (Å²) in [6.07, 6.45) is 11.1. The Balaban J connectivity index is 1.98. The maximum absolute atomic E-state index is 9.77. The van der Waals surface area contributed by atoms with Crippen LogP contribution in [-0.2, 0) is 6.42 Å². The standard InChI is InChI=1S/C18H26N2O/c1-13(2)15-6-9-20-12-19-11-17(20)16(15)10-18(3)7-4-14(21)5-8-18/h6,9,11-14,21H,4-5,7-8,10H2,1-3H3. The maximum Gasteiger partial charge on any atom is 0.0992 e. The third-order valence-electron chi connectivity index (χ3n) is 5.13. The summed E-state index contributed by atoms with van der Waals surface area (Å²) in [4.78, 5) is 4.31. The number of imidazole rings is 1. The van der Waals surface area contributed by atoms with Gasteiger partial charge in [0, 0.05) is 6.20 Å². The van der Waals surface area contributed by atoms with E-state index < -0.39 is 0 Å². The number of aromatic nitrogens is 2. The van der Waals surface area contributed by atoms with Gasteiger partial charge in [-0.3, -0.25) is 0 Å². The highest BCUT2D eigenvalue weighted by Crippen LogP contribution is 2.41. The second-order valence-electron chi connectivity index (χ2n) is 7.31. The molecule has 0 radical (unpaired) electrons. The smallest absolute Gasteiger partial charge is 0.0992 e. The Morgan fingerprint density at radius 1 is 1.38 bits per heavy atom. The summed E-state index contributed by atoms with van der Waals surface area (Å²) >= 11 is 0. The molecule has 1 saturated carbocycles. The first-order chi connectivity index (χ1) is 9.98. The molecule has 21 heavy (non-hydrogen) atoms. The lowest BCUT2D eigenvalue weighted by atomic mass is 9.70. The molecule has 2 aromatic heterocycles. The van der Waals surface area contributed by atoms with Crippen LogP contribution >= 0.6 is 0 Å². The molecule has 3 heteroatoms. The molecule has 3 nitrogen and oxygen atoms in total. The Morgan fingerprint density at radius 3 is 2.76 bits per heavy atom. The molecule has 1 fully saturated rings. The molecule has 1 aliphatic carbocycles. The second kappa shape index (κ2) is 5.45. The lowest BCUT2D eigenvalue weighted by Crippen LogP contribution is -2.29. The van der Waals surface area contributed by atoms with E-state index >= 15 is 0 Å². The fraction of sp³-hybridized carbons (Fsp3) is 0.611. The summed E-state index contributed by atoms with van der Waals surface area (Å²) in [7, 11) is 0. The van der Waals surface area contributed by atoms with E-state index in [1.54, 1.807) is 0 Å². The molecule has 0 aromatic carbocycles. The number of aliphatic hydroxyl groups excluding tert-OH is 1. The summed E-state index contributed by atoms with van der Waals surface area (Å²) in [5, 5.41) is 9.77. The van der Waals surface area contributed by atoms with Crippen molar-refractivity contribution in [1.82, 2.24) is 9.38 Å². The Hall–Kier alpha value is -1.35. The van der Waals surface area contributed by atoms with E-state index in [2.05, 4.69) is 42.4 Å². The molecular weight excluding hydrogens is 260 g/mol. The Kier molecular flexibility index (Phi) is 3.78. The number of nitrogens with zero attached hydrogens (tertiary/aromatic N) is 2. The first-order valence-electron chi connectivity index (χ1n) is 8.10. The molecule has 0 spiro atoms. The molecule has 0 atom stereocenters. The van der Waals surface area contributed by atoms with Gasteiger partial charge >= 0.3 is 0 Å². The molecule has 1 aliphatic rings. The molecule has 114 valence electrons. The average molecular weight is 286 g/mol. The quantitative estimate of drug-likeness (QED) is 0.928. The maximum atomic E-state index is 9.77. The molecular formula is C18H26N2O. The van der Waals surface area contributed by atoms with Gasteiger partial charge in [-0.25, -0.2) is 4.98 Å². The Morgan fingerprint density at radius 2 is 2.10 bits per heavy atom. The van der Waals surface area contributed by atoms with E-state index in [-0.39, 0.29) is 6.10 Å². The summed E-state index contributed by atoms with van der Waals surface area (Å²) in [5.41, 5.74) is 4.43. The molecule has 2 aromatic rings. The van der Waals surface area contributed by atoms with Crippen molar-refractivity contribution in [3.05, 3.63) is 35.9 Å². The highest BCUT2D eigenvalue weighted by Gasteiger charge is 2.32. The molecule has 0 saturated heterocycles. The number of hydrogen-bond donors (Lipinski definition) is 1. The van der Waals surface area contributed by atoms with Crippen LogP contribution in [0.5, 0.6) is 0 Å². The summed E-state index contributed by atoms with van der Waals surface area (Å²) < 4.78 is 2.13. The van der Waals surface area contributed by atoms with Crippen molar-refractivity contribution in [2.45, 2.75) is 64.9 Å². The SMILES string of the molecule is CC(C)c1ccn2cncc2c1CC1(C)CCC(O)CC1. The van der Waals surface area contributed by atoms with Crippen LogP contribution in [0.25, 0.3) is 5.52 Å². The minimum atomic E-state index is -0.0894. The number of pyridine rings is 1. The predicted molar refractivity (Wildman–Crippen MR) is 85.6 cm³/mol. The van der Waals surface area contributed by atoms with Crippen molar-refractivity contribution in [3.8, 4) is 0 Å². The zero-order chi connectivity index (χ0) is 15.0. The molecule has 2 heterocycles. The highest BCUT2D eigenvalue weighted by molar-refractivity contribution is 5.57. The van der Waals surface area contributed by atoms with Gasteiger partial charge in [-0.2, -0.15) is 0 Å². The van der Waals surface area contributed by atoms with Gasteiger partial charge < -0.3 is 9.51 Å². The van der Waals surface area contributed by atoms with Gasteiger partial charge in [-0.15, -0.1) is 0 Å². The van der Waals surface area contributed by atoms with E-state index in [1.165, 1.54) is 16.6 Å². The van der Waals surface area contributed by atoms with Crippen LogP contribution in [-0.4, -0.2) is 20.6 Å². The third kappa shape index (κ3) is 2.84. The fourth-order valence-corrected chi connectivity index (χ4v) is 3.70. The topological polar surface area (TPSA) is 37.5 Å². The van der Waals surface area contributed by atoms with Gasteiger partial charge in [-0.05, 0) is 60.6 Å². The first-order valence-corrected chi connectivity index (χ1v) is 8.10. The Bertz CT molecular complexity index is 621. The van der Waals surface area contributed by atoms with Crippen molar-refractivity contribution >= 4 is 5.52 Å². The highest BCUT2D eigenvalue weighted by atomic mass is 16.3. The monoisotopic (exact) mass is 286 g/mol. The minimum Gasteiger partial charge on any atom is -0.393 e. The van der Waals surface area contributed by atoms with Crippen molar-refractivity contribution in [2.24, 2.45) is 5.41 Å². The largest absolute Gasteiger partial charge is 0.393 e. The van der Waals surface area contributed by atoms with Crippen molar-refractivity contribution in [3.63, 3.8) is 0 Å². The normalized spacial score (nSPS) is 26.6. The summed E-state index contributed by atoms with van der Waals surface area (Å²) in [5.74, 6) is 0.526. The molecule has 0 amide bonds. The van der Waals surface area contributed by atoms with Gasteiger partial charge in [0.05, 0.1) is 24.1 Å². The minimum absolute atomic E-state index is 0.0894. The zero-order valence-electron chi connectivity index (χ0n) is 13.3. The van der Waals surface area contributed by atoms with Crippen LogP contribution in [0.15, 0.2) is 24.8 Å². The van der Waals surface area contributed by atoms with Crippen LogP contribution in [0, 0.1) is 5.41 Å². The molecule has 3 rings (SSSR count). The molecule has 0 aliphatic heterocycles. The second-order valence-corrected chi connectivity index (χ2v) is 7.31. The van der Waals surface area contributed by atoms with E-state index in [0.29, 0.717) is 11.3 Å². The average Bonchev–Trinajstić information content (AvgIpc) is 2.91. The van der Waals surface area contributed by atoms with Gasteiger partial charge in [0.15, 0.2) is 0 Å². The zero-order valence-corrected chi connectivity index (χ0v) is 13.3. The van der Waals surface area contributed by atoms with E-state index in [0.717, 1.165) is 32.1 Å². The van der Waals surface area contributed by atoms with Crippen LogP contribution < -0.4 is 0 Å². The summed E-state index contributed by atoms with van der Waals surface area (Å²) in [6.45, 7) is 6.90. The van der Waals surface area contributed by atoms with Gasteiger partial charge in [0.25, 0.3) is 0 Å². The number of fused-ring (bicyclic) bond motifs is 1. The molecule has 1 N–H and O–H groups in total. The van der Waals surface area contributed by atoms with E-state index in [9.17, 15) is 5.11 Å². The van der Waals surface area contributed by atoms with Crippen LogP contribution in [0.2, 0.25) is 0 Å². The molecule has 0 unspecified atom stereocenters. The fourth-order valence-electron chi connectivity index (χ4n) is 3.70.